The van der Waals surface area contributed by atoms with Crippen LogP contribution < -0.4 is 22.6 Å². The molecule has 0 spiro atoms. The summed E-state index contributed by atoms with van der Waals surface area (Å²) < 4.78 is 0. The monoisotopic (exact) mass is 395 g/mol. The topological polar surface area (TPSA) is 36.8 Å². The highest BCUT2D eigenvalue weighted by Gasteiger charge is 2.26. The maximum absolute atomic E-state index is 12.4. The number of carbonyl (C=O) groups is 1. The van der Waals surface area contributed by atoms with Crippen molar-refractivity contribution in [2.75, 3.05) is 31.5 Å². The molecule has 2 amide bonds. The molecule has 0 aromatic heterocycles. The lowest BCUT2D eigenvalue weighted by molar-refractivity contribution is -0.927. The van der Waals surface area contributed by atoms with Gasteiger partial charge in [-0.1, -0.05) is 63.6 Å². The molecule has 5 heteroatoms. The lowest BCUT2D eigenvalue weighted by Gasteiger charge is -2.35. The maximum atomic E-state index is 12.4. The molecule has 1 heterocycles. The summed E-state index contributed by atoms with van der Waals surface area (Å²) >= 11 is 0. The minimum absolute atomic E-state index is 0. The molecule has 1 atom stereocenters. The zero-order chi connectivity index (χ0) is 18.6. The van der Waals surface area contributed by atoms with Gasteiger partial charge in [-0.25, -0.2) is 4.79 Å². The molecule has 1 saturated heterocycles. The van der Waals surface area contributed by atoms with E-state index in [0.717, 1.165) is 31.9 Å². The van der Waals surface area contributed by atoms with Gasteiger partial charge in [-0.2, -0.15) is 0 Å². The minimum Gasteiger partial charge on any atom is -1.00 e. The van der Waals surface area contributed by atoms with Gasteiger partial charge in [0.2, 0.25) is 0 Å². The Labute approximate surface area is 172 Å². The Balaban J connectivity index is 0.00000364. The Morgan fingerprint density at radius 3 is 2.26 bits per heavy atom. The van der Waals surface area contributed by atoms with Crippen LogP contribution in [0.1, 0.15) is 65.2 Å². The molecule has 0 saturated carbocycles. The minimum atomic E-state index is 0. The van der Waals surface area contributed by atoms with Crippen LogP contribution in [0.15, 0.2) is 30.3 Å². The molecule has 1 aliphatic rings. The van der Waals surface area contributed by atoms with E-state index in [1.54, 1.807) is 4.90 Å². The molecule has 0 radical (unpaired) electrons. The van der Waals surface area contributed by atoms with E-state index in [2.05, 4.69) is 19.2 Å². The number of halogens is 1. The summed E-state index contributed by atoms with van der Waals surface area (Å²) in [5.41, 5.74) is 0.875. The molecular formula is C22H38ClN3O. The normalized spacial score (nSPS) is 15.9. The Bertz CT molecular complexity index is 504. The first-order valence-corrected chi connectivity index (χ1v) is 10.7. The van der Waals surface area contributed by atoms with Crippen LogP contribution in [0.5, 0.6) is 0 Å². The summed E-state index contributed by atoms with van der Waals surface area (Å²) in [5.74, 6) is 0. The number of hydrogen-bond donors (Lipinski definition) is 2. The second-order valence-electron chi connectivity index (χ2n) is 7.75. The molecule has 1 aliphatic heterocycles. The Kier molecular flexibility index (Phi) is 12.2. The zero-order valence-electron chi connectivity index (χ0n) is 17.2. The number of quaternary nitrogens is 1. The van der Waals surface area contributed by atoms with Gasteiger partial charge in [0.25, 0.3) is 0 Å². The molecule has 1 unspecified atom stereocenters. The molecule has 27 heavy (non-hydrogen) atoms. The number of unbranched alkanes of at least 4 members (excludes halogenated alkanes) is 6. The highest BCUT2D eigenvalue weighted by molar-refractivity contribution is 5.89. The van der Waals surface area contributed by atoms with Crippen LogP contribution in [0.25, 0.3) is 0 Å². The van der Waals surface area contributed by atoms with Gasteiger partial charge in [0, 0.05) is 5.69 Å². The fourth-order valence-electron chi connectivity index (χ4n) is 3.83. The average Bonchev–Trinajstić information content (AvgIpc) is 2.68. The Morgan fingerprint density at radius 2 is 1.63 bits per heavy atom. The SMILES string of the molecule is CCCCCCCCCC(C)[NH+]1CCN(C(=O)Nc2ccccc2)CC1.[Cl-]. The van der Waals surface area contributed by atoms with Gasteiger partial charge in [0.15, 0.2) is 0 Å². The van der Waals surface area contributed by atoms with E-state index in [4.69, 9.17) is 0 Å². The Hall–Kier alpha value is -1.26. The summed E-state index contributed by atoms with van der Waals surface area (Å²) in [7, 11) is 0. The predicted molar refractivity (Wildman–Crippen MR) is 110 cm³/mol. The maximum Gasteiger partial charge on any atom is 0.322 e. The summed E-state index contributed by atoms with van der Waals surface area (Å²) in [6.07, 6.45) is 11.0. The van der Waals surface area contributed by atoms with Gasteiger partial charge in [0.1, 0.15) is 0 Å². The molecule has 0 aliphatic carbocycles. The molecule has 2 rings (SSSR count). The number of nitrogens with one attached hydrogen (secondary N) is 2. The summed E-state index contributed by atoms with van der Waals surface area (Å²) in [6, 6.07) is 10.5. The van der Waals surface area contributed by atoms with Crippen molar-refractivity contribution in [1.29, 1.82) is 0 Å². The van der Waals surface area contributed by atoms with Gasteiger partial charge in [-0.15, -0.1) is 0 Å². The van der Waals surface area contributed by atoms with Crippen LogP contribution in [0.3, 0.4) is 0 Å². The van der Waals surface area contributed by atoms with E-state index in [1.807, 2.05) is 35.2 Å². The highest BCUT2D eigenvalue weighted by Crippen LogP contribution is 2.10. The molecular weight excluding hydrogens is 358 g/mol. The van der Waals surface area contributed by atoms with E-state index in [0.29, 0.717) is 6.04 Å². The van der Waals surface area contributed by atoms with Gasteiger partial charge in [-0.05, 0) is 31.9 Å². The summed E-state index contributed by atoms with van der Waals surface area (Å²) in [6.45, 7) is 8.51. The van der Waals surface area contributed by atoms with Crippen LogP contribution >= 0.6 is 0 Å². The first-order chi connectivity index (χ1) is 12.7. The van der Waals surface area contributed by atoms with Crippen molar-refractivity contribution < 1.29 is 22.1 Å². The number of para-hydroxylation sites is 1. The third kappa shape index (κ3) is 8.98. The average molecular weight is 396 g/mol. The van der Waals surface area contributed by atoms with Crippen LogP contribution in [-0.4, -0.2) is 43.2 Å². The number of urea groups is 1. The number of carbonyl (C=O) groups excluding carboxylic acids is 1. The number of rotatable bonds is 10. The highest BCUT2D eigenvalue weighted by atomic mass is 35.5. The van der Waals surface area contributed by atoms with Crippen LogP contribution in [0.4, 0.5) is 10.5 Å². The molecule has 1 fully saturated rings. The van der Waals surface area contributed by atoms with E-state index < -0.39 is 0 Å². The quantitative estimate of drug-likeness (QED) is 0.569. The van der Waals surface area contributed by atoms with Crippen LogP contribution in [0, 0.1) is 0 Å². The number of amides is 2. The molecule has 154 valence electrons. The fraction of sp³-hybridized carbons (Fsp3) is 0.682. The lowest BCUT2D eigenvalue weighted by atomic mass is 10.0. The number of benzene rings is 1. The number of piperazine rings is 1. The third-order valence-electron chi connectivity index (χ3n) is 5.66. The largest absolute Gasteiger partial charge is 1.00 e. The van der Waals surface area contributed by atoms with Gasteiger partial charge in [0.05, 0.1) is 32.2 Å². The fourth-order valence-corrected chi connectivity index (χ4v) is 3.83. The zero-order valence-corrected chi connectivity index (χ0v) is 17.9. The molecule has 0 bridgehead atoms. The standard InChI is InChI=1S/C22H37N3O.ClH/c1-3-4-5-6-7-8-10-13-20(2)24-16-18-25(19-17-24)22(26)23-21-14-11-9-12-15-21;/h9,11-12,14-15,20H,3-8,10,13,16-19H2,1-2H3,(H,23,26);1H. The van der Waals surface area contributed by atoms with Crippen molar-refractivity contribution in [3.63, 3.8) is 0 Å². The van der Waals surface area contributed by atoms with E-state index >= 15 is 0 Å². The molecule has 2 N–H and O–H groups in total. The molecule has 1 aromatic rings. The first-order valence-electron chi connectivity index (χ1n) is 10.7. The predicted octanol–water partition coefficient (Wildman–Crippen LogP) is 0.952. The van der Waals surface area contributed by atoms with Crippen molar-refractivity contribution in [3.05, 3.63) is 30.3 Å². The van der Waals surface area contributed by atoms with Crippen molar-refractivity contribution in [2.45, 2.75) is 71.3 Å². The lowest BCUT2D eigenvalue weighted by Crippen LogP contribution is -3.18. The van der Waals surface area contributed by atoms with E-state index in [-0.39, 0.29) is 18.4 Å². The number of nitrogens with zero attached hydrogens (tertiary/aromatic N) is 1. The second-order valence-corrected chi connectivity index (χ2v) is 7.75. The van der Waals surface area contributed by atoms with Crippen molar-refractivity contribution >= 4 is 11.7 Å². The van der Waals surface area contributed by atoms with Gasteiger partial charge >= 0.3 is 6.03 Å². The first kappa shape index (κ1) is 23.8. The number of hydrogen-bond acceptors (Lipinski definition) is 1. The van der Waals surface area contributed by atoms with Crippen molar-refractivity contribution in [1.82, 2.24) is 4.90 Å². The van der Waals surface area contributed by atoms with Gasteiger partial charge in [-0.3, -0.25) is 0 Å². The molecule has 1 aromatic carbocycles. The third-order valence-corrected chi connectivity index (χ3v) is 5.66. The summed E-state index contributed by atoms with van der Waals surface area (Å²) in [5, 5.41) is 3.00. The van der Waals surface area contributed by atoms with Crippen LogP contribution in [-0.2, 0) is 0 Å². The van der Waals surface area contributed by atoms with Crippen molar-refractivity contribution in [3.8, 4) is 0 Å². The second kappa shape index (κ2) is 13.8. The summed E-state index contributed by atoms with van der Waals surface area (Å²) in [4.78, 5) is 16.0. The Morgan fingerprint density at radius 1 is 1.04 bits per heavy atom. The van der Waals surface area contributed by atoms with Crippen molar-refractivity contribution in [2.24, 2.45) is 0 Å². The number of anilines is 1. The van der Waals surface area contributed by atoms with E-state index in [1.165, 1.54) is 51.4 Å². The van der Waals surface area contributed by atoms with E-state index in [9.17, 15) is 4.79 Å². The smallest absolute Gasteiger partial charge is 0.322 e. The molecule has 4 nitrogen and oxygen atoms in total. The van der Waals surface area contributed by atoms with Gasteiger partial charge < -0.3 is 27.5 Å². The van der Waals surface area contributed by atoms with Crippen LogP contribution in [0.2, 0.25) is 0 Å².